The van der Waals surface area contributed by atoms with Gasteiger partial charge in [-0.2, -0.15) is 0 Å². The molecule has 1 aromatic rings. The van der Waals surface area contributed by atoms with Gasteiger partial charge in [0.2, 0.25) is 15.9 Å². The number of benzene rings is 1. The first-order chi connectivity index (χ1) is 7.80. The molecule has 0 heterocycles. The predicted molar refractivity (Wildman–Crippen MR) is 64.8 cm³/mol. The molecule has 0 aromatic heterocycles. The van der Waals surface area contributed by atoms with Crippen LogP contribution in [0.2, 0.25) is 0 Å². The lowest BCUT2D eigenvalue weighted by Gasteiger charge is -2.08. The van der Waals surface area contributed by atoms with Crippen LogP contribution in [0.3, 0.4) is 0 Å². The van der Waals surface area contributed by atoms with E-state index in [2.05, 4.69) is 15.9 Å². The maximum absolute atomic E-state index is 11.1. The van der Waals surface area contributed by atoms with Gasteiger partial charge in [0.05, 0.1) is 22.4 Å². The third-order valence-electron chi connectivity index (χ3n) is 1.84. The minimum atomic E-state index is -3.74. The molecule has 94 valence electrons. The molecule has 0 aliphatic rings. The number of sulfonamides is 1. The maximum Gasteiger partial charge on any atom is 0.238 e. The fraction of sp³-hybridized carbons (Fsp3) is 0.222. The first-order valence-electron chi connectivity index (χ1n) is 4.54. The lowest BCUT2D eigenvalue weighted by atomic mass is 10.3. The second-order valence-corrected chi connectivity index (χ2v) is 5.62. The minimum absolute atomic E-state index is 0.0216. The van der Waals surface area contributed by atoms with Crippen LogP contribution in [0.5, 0.6) is 5.75 Å². The number of hydrogen-bond donors (Lipinski definition) is 2. The second kappa shape index (κ2) is 5.48. The van der Waals surface area contributed by atoms with Crippen molar-refractivity contribution >= 4 is 31.9 Å². The molecule has 1 aromatic carbocycles. The molecular weight excluding hydrogens is 312 g/mol. The number of primary amides is 1. The molecule has 0 spiro atoms. The summed E-state index contributed by atoms with van der Waals surface area (Å²) in [7, 11) is -3.74. The van der Waals surface area contributed by atoms with Crippen LogP contribution in [0, 0.1) is 0 Å². The highest BCUT2D eigenvalue weighted by Crippen LogP contribution is 2.27. The van der Waals surface area contributed by atoms with Crippen molar-refractivity contribution in [3.05, 3.63) is 22.7 Å². The number of amides is 1. The van der Waals surface area contributed by atoms with Crippen molar-refractivity contribution in [2.24, 2.45) is 10.9 Å². The Morgan fingerprint density at radius 3 is 2.53 bits per heavy atom. The molecule has 0 atom stereocenters. The zero-order chi connectivity index (χ0) is 13.1. The molecule has 0 aliphatic carbocycles. The van der Waals surface area contributed by atoms with E-state index in [0.717, 1.165) is 0 Å². The van der Waals surface area contributed by atoms with Crippen molar-refractivity contribution in [1.29, 1.82) is 0 Å². The van der Waals surface area contributed by atoms with Crippen LogP contribution in [0.1, 0.15) is 6.42 Å². The van der Waals surface area contributed by atoms with E-state index in [0.29, 0.717) is 10.2 Å². The van der Waals surface area contributed by atoms with E-state index in [9.17, 15) is 13.2 Å². The van der Waals surface area contributed by atoms with E-state index >= 15 is 0 Å². The zero-order valence-corrected chi connectivity index (χ0v) is 11.1. The van der Waals surface area contributed by atoms with Gasteiger partial charge in [0.25, 0.3) is 0 Å². The van der Waals surface area contributed by atoms with E-state index in [4.69, 9.17) is 15.6 Å². The van der Waals surface area contributed by atoms with E-state index in [1.807, 2.05) is 0 Å². The molecule has 6 nitrogen and oxygen atoms in total. The van der Waals surface area contributed by atoms with Crippen LogP contribution < -0.4 is 15.6 Å². The van der Waals surface area contributed by atoms with Gasteiger partial charge in [-0.25, -0.2) is 13.6 Å². The Morgan fingerprint density at radius 1 is 1.41 bits per heavy atom. The SMILES string of the molecule is NC(=O)CCOc1ccc(S(N)(=O)=O)cc1Br. The number of carbonyl (C=O) groups excluding carboxylic acids is 1. The van der Waals surface area contributed by atoms with Gasteiger partial charge in [-0.05, 0) is 34.1 Å². The summed E-state index contributed by atoms with van der Waals surface area (Å²) in [6, 6.07) is 4.10. The molecule has 0 saturated carbocycles. The van der Waals surface area contributed by atoms with Crippen LogP contribution in [0.15, 0.2) is 27.6 Å². The fourth-order valence-electron chi connectivity index (χ4n) is 1.04. The third-order valence-corrected chi connectivity index (χ3v) is 3.37. The average Bonchev–Trinajstić information content (AvgIpc) is 2.18. The number of carbonyl (C=O) groups is 1. The maximum atomic E-state index is 11.1. The normalized spacial score (nSPS) is 11.2. The van der Waals surface area contributed by atoms with Gasteiger partial charge in [-0.1, -0.05) is 0 Å². The Kier molecular flexibility index (Phi) is 4.49. The Bertz CT molecular complexity index is 530. The molecule has 0 aliphatic heterocycles. The Hall–Kier alpha value is -1.12. The van der Waals surface area contributed by atoms with E-state index in [-0.39, 0.29) is 17.9 Å². The number of hydrogen-bond acceptors (Lipinski definition) is 4. The quantitative estimate of drug-likeness (QED) is 0.814. The van der Waals surface area contributed by atoms with Gasteiger partial charge >= 0.3 is 0 Å². The largest absolute Gasteiger partial charge is 0.492 e. The molecule has 0 saturated heterocycles. The second-order valence-electron chi connectivity index (χ2n) is 3.20. The highest BCUT2D eigenvalue weighted by atomic mass is 79.9. The number of rotatable bonds is 5. The van der Waals surface area contributed by atoms with Crippen LogP contribution in [-0.2, 0) is 14.8 Å². The number of ether oxygens (including phenoxy) is 1. The molecule has 8 heteroatoms. The Labute approximate surface area is 107 Å². The van der Waals surface area contributed by atoms with Crippen molar-refractivity contribution in [2.75, 3.05) is 6.61 Å². The lowest BCUT2D eigenvalue weighted by molar-refractivity contribution is -0.118. The van der Waals surface area contributed by atoms with Crippen molar-refractivity contribution < 1.29 is 17.9 Å². The smallest absolute Gasteiger partial charge is 0.238 e. The molecule has 4 N–H and O–H groups in total. The summed E-state index contributed by atoms with van der Waals surface area (Å²) in [5, 5.41) is 4.96. The van der Waals surface area contributed by atoms with Gasteiger partial charge in [-0.3, -0.25) is 4.79 Å². The monoisotopic (exact) mass is 322 g/mol. The predicted octanol–water partition coefficient (Wildman–Crippen LogP) is 0.351. The highest BCUT2D eigenvalue weighted by molar-refractivity contribution is 9.10. The summed E-state index contributed by atoms with van der Waals surface area (Å²) in [4.78, 5) is 10.5. The Morgan fingerprint density at radius 2 is 2.06 bits per heavy atom. The topological polar surface area (TPSA) is 112 Å². The summed E-state index contributed by atoms with van der Waals surface area (Å²) in [5.74, 6) is -0.0547. The molecule has 0 bridgehead atoms. The van der Waals surface area contributed by atoms with Gasteiger partial charge in [0.1, 0.15) is 5.75 Å². The van der Waals surface area contributed by atoms with E-state index in [1.54, 1.807) is 0 Å². The zero-order valence-electron chi connectivity index (χ0n) is 8.72. The summed E-state index contributed by atoms with van der Waals surface area (Å²) in [6.45, 7) is 0.128. The summed E-state index contributed by atoms with van der Waals surface area (Å²) in [6.07, 6.45) is 0.0867. The Balaban J connectivity index is 2.80. The molecule has 0 unspecified atom stereocenters. The van der Waals surface area contributed by atoms with Crippen molar-refractivity contribution in [2.45, 2.75) is 11.3 Å². The van der Waals surface area contributed by atoms with Crippen LogP contribution >= 0.6 is 15.9 Å². The standard InChI is InChI=1S/C9H11BrN2O4S/c10-7-5-6(17(12,14)15)1-2-8(7)16-4-3-9(11)13/h1-2,5H,3-4H2,(H2,11,13)(H2,12,14,15). The average molecular weight is 323 g/mol. The molecule has 1 amide bonds. The summed E-state index contributed by atoms with van der Waals surface area (Å²) in [5.41, 5.74) is 4.95. The number of halogens is 1. The van der Waals surface area contributed by atoms with E-state index < -0.39 is 15.9 Å². The minimum Gasteiger partial charge on any atom is -0.492 e. The highest BCUT2D eigenvalue weighted by Gasteiger charge is 2.11. The van der Waals surface area contributed by atoms with Crippen molar-refractivity contribution in [1.82, 2.24) is 0 Å². The van der Waals surface area contributed by atoms with Gasteiger partial charge in [0.15, 0.2) is 0 Å². The van der Waals surface area contributed by atoms with Crippen LogP contribution in [-0.4, -0.2) is 20.9 Å². The molecule has 0 radical (unpaired) electrons. The van der Waals surface area contributed by atoms with E-state index in [1.165, 1.54) is 18.2 Å². The van der Waals surface area contributed by atoms with Gasteiger partial charge in [0, 0.05) is 0 Å². The summed E-state index contributed by atoms with van der Waals surface area (Å²) < 4.78 is 27.8. The van der Waals surface area contributed by atoms with Crippen molar-refractivity contribution in [3.8, 4) is 5.75 Å². The van der Waals surface area contributed by atoms with Gasteiger partial charge in [-0.15, -0.1) is 0 Å². The number of nitrogens with two attached hydrogens (primary N) is 2. The molecule has 1 rings (SSSR count). The van der Waals surface area contributed by atoms with Crippen LogP contribution in [0.25, 0.3) is 0 Å². The van der Waals surface area contributed by atoms with Gasteiger partial charge < -0.3 is 10.5 Å². The molecule has 0 fully saturated rings. The molecular formula is C9H11BrN2O4S. The van der Waals surface area contributed by atoms with Crippen LogP contribution in [0.4, 0.5) is 0 Å². The lowest BCUT2D eigenvalue weighted by Crippen LogP contribution is -2.15. The fourth-order valence-corrected chi connectivity index (χ4v) is 2.22. The van der Waals surface area contributed by atoms with Crippen molar-refractivity contribution in [3.63, 3.8) is 0 Å². The third kappa shape index (κ3) is 4.33. The summed E-state index contributed by atoms with van der Waals surface area (Å²) >= 11 is 3.15. The first-order valence-corrected chi connectivity index (χ1v) is 6.88. The molecule has 17 heavy (non-hydrogen) atoms. The number of primary sulfonamides is 1. The first kappa shape index (κ1) is 13.9.